The molecule has 1 aliphatic rings. The van der Waals surface area contributed by atoms with Gasteiger partial charge in [0.25, 0.3) is 0 Å². The number of nitrogens with one attached hydrogen (secondary N) is 1. The van der Waals surface area contributed by atoms with Gasteiger partial charge < -0.3 is 10.2 Å². The highest BCUT2D eigenvalue weighted by Gasteiger charge is 2.19. The standard InChI is InChI=1S/C16H26N2O2S/c1-3-9-17-14(2)15-5-7-16(8-6-15)18-10-4-12-21(19,20)13-11-18/h5-8,14,17H,3-4,9-13H2,1-2H3. The van der Waals surface area contributed by atoms with Gasteiger partial charge >= 0.3 is 0 Å². The lowest BCUT2D eigenvalue weighted by atomic mass is 10.1. The van der Waals surface area contributed by atoms with Crippen molar-refractivity contribution in [1.82, 2.24) is 5.32 Å². The number of hydrogen-bond donors (Lipinski definition) is 1. The van der Waals surface area contributed by atoms with Crippen LogP contribution in [0.15, 0.2) is 24.3 Å². The van der Waals surface area contributed by atoms with Crippen molar-refractivity contribution in [1.29, 1.82) is 0 Å². The molecule has 1 N–H and O–H groups in total. The molecule has 1 atom stereocenters. The van der Waals surface area contributed by atoms with Crippen molar-refractivity contribution in [2.75, 3.05) is 36.0 Å². The van der Waals surface area contributed by atoms with E-state index in [0.717, 1.165) is 31.6 Å². The van der Waals surface area contributed by atoms with Gasteiger partial charge in [-0.1, -0.05) is 19.1 Å². The van der Waals surface area contributed by atoms with Crippen LogP contribution in [0.25, 0.3) is 0 Å². The summed E-state index contributed by atoms with van der Waals surface area (Å²) >= 11 is 0. The molecule has 1 aromatic rings. The van der Waals surface area contributed by atoms with Crippen LogP contribution in [0, 0.1) is 0 Å². The fourth-order valence-corrected chi connectivity index (χ4v) is 3.92. The second kappa shape index (κ2) is 7.27. The Hall–Kier alpha value is -1.07. The van der Waals surface area contributed by atoms with E-state index in [2.05, 4.69) is 48.3 Å². The molecule has 1 unspecified atom stereocenters. The van der Waals surface area contributed by atoms with E-state index < -0.39 is 9.84 Å². The summed E-state index contributed by atoms with van der Waals surface area (Å²) in [5.74, 6) is 0.586. The summed E-state index contributed by atoms with van der Waals surface area (Å²) in [5.41, 5.74) is 2.40. The van der Waals surface area contributed by atoms with E-state index in [1.54, 1.807) is 0 Å². The van der Waals surface area contributed by atoms with Gasteiger partial charge in [0.2, 0.25) is 0 Å². The predicted molar refractivity (Wildman–Crippen MR) is 88.6 cm³/mol. The normalized spacial score (nSPS) is 20.0. The molecule has 4 nitrogen and oxygen atoms in total. The maximum Gasteiger partial charge on any atom is 0.152 e. The maximum absolute atomic E-state index is 11.7. The molecule has 0 amide bonds. The molecule has 0 aliphatic carbocycles. The lowest BCUT2D eigenvalue weighted by Gasteiger charge is -2.23. The minimum absolute atomic E-state index is 0.267. The van der Waals surface area contributed by atoms with Gasteiger partial charge in [-0.15, -0.1) is 0 Å². The first kappa shape index (κ1) is 16.3. The number of hydrogen-bond acceptors (Lipinski definition) is 4. The van der Waals surface area contributed by atoms with Crippen LogP contribution in [0.5, 0.6) is 0 Å². The average molecular weight is 310 g/mol. The summed E-state index contributed by atoms with van der Waals surface area (Å²) in [4.78, 5) is 2.18. The quantitative estimate of drug-likeness (QED) is 0.907. The smallest absolute Gasteiger partial charge is 0.152 e. The molecule has 1 aromatic carbocycles. The van der Waals surface area contributed by atoms with Crippen molar-refractivity contribution in [3.8, 4) is 0 Å². The zero-order valence-corrected chi connectivity index (χ0v) is 13.8. The lowest BCUT2D eigenvalue weighted by Crippen LogP contribution is -2.26. The highest BCUT2D eigenvalue weighted by atomic mass is 32.2. The Morgan fingerprint density at radius 1 is 1.19 bits per heavy atom. The van der Waals surface area contributed by atoms with Gasteiger partial charge in [0.1, 0.15) is 0 Å². The topological polar surface area (TPSA) is 49.4 Å². The van der Waals surface area contributed by atoms with Crippen LogP contribution in [0.2, 0.25) is 0 Å². The Labute approximate surface area is 128 Å². The highest BCUT2D eigenvalue weighted by Crippen LogP contribution is 2.21. The van der Waals surface area contributed by atoms with Crippen molar-refractivity contribution < 1.29 is 8.42 Å². The van der Waals surface area contributed by atoms with Crippen molar-refractivity contribution in [3.05, 3.63) is 29.8 Å². The van der Waals surface area contributed by atoms with Crippen molar-refractivity contribution in [2.45, 2.75) is 32.7 Å². The van der Waals surface area contributed by atoms with Gasteiger partial charge in [-0.25, -0.2) is 8.42 Å². The van der Waals surface area contributed by atoms with Gasteiger partial charge in [-0.3, -0.25) is 0 Å². The van der Waals surface area contributed by atoms with Gasteiger partial charge in [0.05, 0.1) is 11.5 Å². The molecular formula is C16H26N2O2S. The molecule has 5 heteroatoms. The largest absolute Gasteiger partial charge is 0.370 e. The second-order valence-corrected chi connectivity index (χ2v) is 8.06. The van der Waals surface area contributed by atoms with Gasteiger partial charge in [-0.05, 0) is 44.0 Å². The summed E-state index contributed by atoms with van der Waals surface area (Å²) in [7, 11) is -2.84. The van der Waals surface area contributed by atoms with Crippen LogP contribution in [0.3, 0.4) is 0 Å². The fourth-order valence-electron chi connectivity index (χ4n) is 2.65. The van der Waals surface area contributed by atoms with Gasteiger partial charge in [-0.2, -0.15) is 0 Å². The molecule has 0 spiro atoms. The fraction of sp³-hybridized carbons (Fsp3) is 0.625. The molecule has 2 rings (SSSR count). The average Bonchev–Trinajstić information content (AvgIpc) is 2.66. The minimum atomic E-state index is -2.84. The number of nitrogens with zero attached hydrogens (tertiary/aromatic N) is 1. The predicted octanol–water partition coefficient (Wildman–Crippen LogP) is 2.37. The maximum atomic E-state index is 11.7. The van der Waals surface area contributed by atoms with Crippen LogP contribution in [0.1, 0.15) is 38.3 Å². The van der Waals surface area contributed by atoms with Crippen LogP contribution in [-0.2, 0) is 9.84 Å². The van der Waals surface area contributed by atoms with E-state index in [1.807, 2.05) is 0 Å². The molecule has 1 heterocycles. The Morgan fingerprint density at radius 3 is 2.57 bits per heavy atom. The third-order valence-electron chi connectivity index (χ3n) is 4.01. The molecule has 0 bridgehead atoms. The zero-order valence-electron chi connectivity index (χ0n) is 13.0. The molecule has 0 radical (unpaired) electrons. The van der Waals surface area contributed by atoms with Crippen LogP contribution in [0.4, 0.5) is 5.69 Å². The van der Waals surface area contributed by atoms with E-state index in [-0.39, 0.29) is 5.75 Å². The number of anilines is 1. The molecule has 0 saturated carbocycles. The van der Waals surface area contributed by atoms with E-state index >= 15 is 0 Å². The van der Waals surface area contributed by atoms with E-state index in [9.17, 15) is 8.42 Å². The first-order chi connectivity index (χ1) is 10.0. The van der Waals surface area contributed by atoms with Gasteiger partial charge in [0, 0.05) is 24.8 Å². The van der Waals surface area contributed by atoms with Crippen molar-refractivity contribution in [2.24, 2.45) is 0 Å². The van der Waals surface area contributed by atoms with Crippen LogP contribution >= 0.6 is 0 Å². The third-order valence-corrected chi connectivity index (χ3v) is 5.73. The first-order valence-electron chi connectivity index (χ1n) is 7.80. The molecule has 21 heavy (non-hydrogen) atoms. The van der Waals surface area contributed by atoms with Gasteiger partial charge in [0.15, 0.2) is 9.84 Å². The Balaban J connectivity index is 2.01. The summed E-state index contributed by atoms with van der Waals surface area (Å²) in [6.07, 6.45) is 1.85. The summed E-state index contributed by atoms with van der Waals surface area (Å²) < 4.78 is 23.3. The zero-order chi connectivity index (χ0) is 15.3. The second-order valence-electron chi connectivity index (χ2n) is 5.76. The Morgan fingerprint density at radius 2 is 1.90 bits per heavy atom. The summed E-state index contributed by atoms with van der Waals surface area (Å²) in [6.45, 7) is 6.78. The van der Waals surface area contributed by atoms with E-state index in [1.165, 1.54) is 5.56 Å². The summed E-state index contributed by atoms with van der Waals surface area (Å²) in [5, 5.41) is 3.48. The SMILES string of the molecule is CCCNC(C)c1ccc(N2CCCS(=O)(=O)CC2)cc1. The molecular weight excluding hydrogens is 284 g/mol. The van der Waals surface area contributed by atoms with Crippen molar-refractivity contribution >= 4 is 15.5 Å². The monoisotopic (exact) mass is 310 g/mol. The van der Waals surface area contributed by atoms with E-state index in [4.69, 9.17) is 0 Å². The molecule has 118 valence electrons. The number of benzene rings is 1. The molecule has 0 aromatic heterocycles. The molecule has 1 saturated heterocycles. The first-order valence-corrected chi connectivity index (χ1v) is 9.62. The van der Waals surface area contributed by atoms with Crippen molar-refractivity contribution in [3.63, 3.8) is 0 Å². The molecule has 1 fully saturated rings. The number of sulfone groups is 1. The van der Waals surface area contributed by atoms with Crippen LogP contribution < -0.4 is 10.2 Å². The Bertz CT molecular complexity index is 540. The lowest BCUT2D eigenvalue weighted by molar-refractivity contribution is 0.570. The third kappa shape index (κ3) is 4.71. The Kier molecular flexibility index (Phi) is 5.65. The summed E-state index contributed by atoms with van der Waals surface area (Å²) in [6, 6.07) is 8.85. The number of rotatable bonds is 5. The highest BCUT2D eigenvalue weighted by molar-refractivity contribution is 7.91. The van der Waals surface area contributed by atoms with Crippen LogP contribution in [-0.4, -0.2) is 39.6 Å². The molecule has 1 aliphatic heterocycles. The minimum Gasteiger partial charge on any atom is -0.370 e. The van der Waals surface area contributed by atoms with E-state index in [0.29, 0.717) is 18.3 Å².